The summed E-state index contributed by atoms with van der Waals surface area (Å²) in [5.41, 5.74) is 0.854. The quantitative estimate of drug-likeness (QED) is 0.839. The van der Waals surface area contributed by atoms with E-state index in [1.807, 2.05) is 44.2 Å². The molecule has 21 heavy (non-hydrogen) atoms. The molecule has 0 spiro atoms. The lowest BCUT2D eigenvalue weighted by atomic mass is 10.2. The fourth-order valence-corrected chi connectivity index (χ4v) is 5.11. The van der Waals surface area contributed by atoms with Crippen molar-refractivity contribution in [2.75, 3.05) is 6.61 Å². The van der Waals surface area contributed by atoms with Gasteiger partial charge in [-0.2, -0.15) is 0 Å². The topological polar surface area (TPSA) is 52.6 Å². The van der Waals surface area contributed by atoms with E-state index in [4.69, 9.17) is 9.47 Å². The predicted molar refractivity (Wildman–Crippen MR) is 80.6 cm³/mol. The van der Waals surface area contributed by atoms with Crippen molar-refractivity contribution < 1.29 is 17.9 Å². The molecule has 1 saturated heterocycles. The molecule has 0 radical (unpaired) electrons. The van der Waals surface area contributed by atoms with Gasteiger partial charge in [-0.15, -0.1) is 0 Å². The van der Waals surface area contributed by atoms with Crippen molar-refractivity contribution in [1.82, 2.24) is 0 Å². The first-order valence-corrected chi connectivity index (χ1v) is 9.05. The van der Waals surface area contributed by atoms with Gasteiger partial charge in [0, 0.05) is 0 Å². The molecule has 1 saturated carbocycles. The summed E-state index contributed by atoms with van der Waals surface area (Å²) in [6.45, 7) is 4.21. The van der Waals surface area contributed by atoms with Gasteiger partial charge in [-0.05, 0) is 38.7 Å². The molecule has 116 valence electrons. The van der Waals surface area contributed by atoms with Crippen molar-refractivity contribution in [3.05, 3.63) is 35.9 Å². The third kappa shape index (κ3) is 3.15. The van der Waals surface area contributed by atoms with Gasteiger partial charge < -0.3 is 9.47 Å². The Balaban J connectivity index is 1.70. The second-order valence-electron chi connectivity index (χ2n) is 6.58. The highest BCUT2D eigenvalue weighted by atomic mass is 32.2. The van der Waals surface area contributed by atoms with Gasteiger partial charge in [0.25, 0.3) is 0 Å². The minimum atomic E-state index is -3.16. The lowest BCUT2D eigenvalue weighted by Crippen LogP contribution is -2.31. The van der Waals surface area contributed by atoms with Crippen LogP contribution >= 0.6 is 0 Å². The van der Waals surface area contributed by atoms with Crippen molar-refractivity contribution in [1.29, 1.82) is 0 Å². The molecule has 1 heterocycles. The summed E-state index contributed by atoms with van der Waals surface area (Å²) in [5, 5.41) is 0. The van der Waals surface area contributed by atoms with Crippen LogP contribution in [0.15, 0.2) is 30.3 Å². The second kappa shape index (κ2) is 5.07. The first-order valence-electron chi connectivity index (χ1n) is 7.40. The fraction of sp³-hybridized carbons (Fsp3) is 0.625. The molecule has 5 heteroatoms. The van der Waals surface area contributed by atoms with Crippen LogP contribution in [0.1, 0.15) is 38.7 Å². The van der Waals surface area contributed by atoms with Gasteiger partial charge in [-0.3, -0.25) is 0 Å². The molecule has 3 rings (SSSR count). The first kappa shape index (κ1) is 15.0. The number of hydrogen-bond acceptors (Lipinski definition) is 4. The normalized spacial score (nSPS) is 26.7. The molecule has 2 aliphatic rings. The van der Waals surface area contributed by atoms with E-state index in [2.05, 4.69) is 0 Å². The summed E-state index contributed by atoms with van der Waals surface area (Å²) in [6, 6.07) is 9.38. The highest BCUT2D eigenvalue weighted by molar-refractivity contribution is 7.92. The molecule has 0 bridgehead atoms. The van der Waals surface area contributed by atoms with Crippen molar-refractivity contribution in [2.24, 2.45) is 0 Å². The van der Waals surface area contributed by atoms with E-state index in [-0.39, 0.29) is 11.9 Å². The van der Waals surface area contributed by atoms with E-state index in [1.54, 1.807) is 0 Å². The van der Waals surface area contributed by atoms with E-state index >= 15 is 0 Å². The van der Waals surface area contributed by atoms with Crippen LogP contribution in [-0.2, 0) is 25.1 Å². The standard InChI is InChI=1S/C16H22O4S/c1-15(2)19-11-14(20-15)10-16(8-9-16)21(17,18)12-13-6-4-3-5-7-13/h3-7,14H,8-12H2,1-2H3/t14-/m0/s1. The molecule has 0 unspecified atom stereocenters. The summed E-state index contributed by atoms with van der Waals surface area (Å²) in [6.07, 6.45) is 1.91. The van der Waals surface area contributed by atoms with E-state index in [0.29, 0.717) is 13.0 Å². The number of hydrogen-bond donors (Lipinski definition) is 0. The van der Waals surface area contributed by atoms with E-state index < -0.39 is 20.4 Å². The molecular weight excluding hydrogens is 288 g/mol. The van der Waals surface area contributed by atoms with Gasteiger partial charge in [0.15, 0.2) is 15.6 Å². The Morgan fingerprint density at radius 3 is 2.38 bits per heavy atom. The molecule has 1 aliphatic heterocycles. The van der Waals surface area contributed by atoms with Crippen LogP contribution in [-0.4, -0.2) is 31.7 Å². The van der Waals surface area contributed by atoms with Gasteiger partial charge >= 0.3 is 0 Å². The summed E-state index contributed by atoms with van der Waals surface area (Å²) in [7, 11) is -3.16. The van der Waals surface area contributed by atoms with Crippen molar-refractivity contribution >= 4 is 9.84 Å². The molecule has 1 aromatic carbocycles. The highest BCUT2D eigenvalue weighted by Gasteiger charge is 2.56. The maximum Gasteiger partial charge on any atom is 0.163 e. The van der Waals surface area contributed by atoms with Gasteiger partial charge in [0.2, 0.25) is 0 Å². The van der Waals surface area contributed by atoms with Crippen LogP contribution in [0.5, 0.6) is 0 Å². The average Bonchev–Trinajstić information content (AvgIpc) is 3.10. The zero-order valence-corrected chi connectivity index (χ0v) is 13.4. The minimum Gasteiger partial charge on any atom is -0.348 e. The Hall–Kier alpha value is -0.910. The Bertz CT molecular complexity index is 602. The number of sulfone groups is 1. The average molecular weight is 310 g/mol. The van der Waals surface area contributed by atoms with Gasteiger partial charge in [-0.25, -0.2) is 8.42 Å². The monoisotopic (exact) mass is 310 g/mol. The molecule has 0 N–H and O–H groups in total. The van der Waals surface area contributed by atoms with Crippen LogP contribution < -0.4 is 0 Å². The third-order valence-corrected chi connectivity index (χ3v) is 6.94. The summed E-state index contributed by atoms with van der Waals surface area (Å²) in [5.74, 6) is -0.477. The zero-order valence-electron chi connectivity index (χ0n) is 12.5. The molecule has 4 nitrogen and oxygen atoms in total. The van der Waals surface area contributed by atoms with E-state index in [9.17, 15) is 8.42 Å². The summed E-state index contributed by atoms with van der Waals surface area (Å²) < 4.78 is 36.2. The highest BCUT2D eigenvalue weighted by Crippen LogP contribution is 2.50. The number of benzene rings is 1. The lowest BCUT2D eigenvalue weighted by Gasteiger charge is -2.21. The van der Waals surface area contributed by atoms with Crippen molar-refractivity contribution in [3.8, 4) is 0 Å². The molecule has 1 aromatic rings. The van der Waals surface area contributed by atoms with Gasteiger partial charge in [0.05, 0.1) is 23.2 Å². The number of rotatable bonds is 5. The van der Waals surface area contributed by atoms with Crippen LogP contribution in [0, 0.1) is 0 Å². The molecule has 0 amide bonds. The molecule has 0 aromatic heterocycles. The largest absolute Gasteiger partial charge is 0.348 e. The molecule has 1 atom stereocenters. The smallest absolute Gasteiger partial charge is 0.163 e. The molecular formula is C16H22O4S. The van der Waals surface area contributed by atoms with Crippen molar-refractivity contribution in [2.45, 2.75) is 55.5 Å². The Labute approximate surface area is 126 Å². The van der Waals surface area contributed by atoms with Crippen molar-refractivity contribution in [3.63, 3.8) is 0 Å². The van der Waals surface area contributed by atoms with E-state index in [1.165, 1.54) is 0 Å². The van der Waals surface area contributed by atoms with E-state index in [0.717, 1.165) is 18.4 Å². The first-order chi connectivity index (χ1) is 9.82. The van der Waals surface area contributed by atoms with Crippen LogP contribution in [0.2, 0.25) is 0 Å². The third-order valence-electron chi connectivity index (χ3n) is 4.33. The Morgan fingerprint density at radius 1 is 1.19 bits per heavy atom. The van der Waals surface area contributed by atoms with Gasteiger partial charge in [0.1, 0.15) is 0 Å². The second-order valence-corrected chi connectivity index (χ2v) is 8.97. The Morgan fingerprint density at radius 2 is 1.86 bits per heavy atom. The minimum absolute atomic E-state index is 0.116. The summed E-state index contributed by atoms with van der Waals surface area (Å²) in [4.78, 5) is 0. The van der Waals surface area contributed by atoms with Crippen LogP contribution in [0.3, 0.4) is 0 Å². The Kier molecular flexibility index (Phi) is 3.62. The summed E-state index contributed by atoms with van der Waals surface area (Å²) >= 11 is 0. The predicted octanol–water partition coefficient (Wildman–Crippen LogP) is 2.68. The van der Waals surface area contributed by atoms with Crippen LogP contribution in [0.25, 0.3) is 0 Å². The molecule has 2 fully saturated rings. The maximum absolute atomic E-state index is 12.7. The number of ether oxygens (including phenoxy) is 2. The lowest BCUT2D eigenvalue weighted by molar-refractivity contribution is -0.139. The van der Waals surface area contributed by atoms with Gasteiger partial charge in [-0.1, -0.05) is 30.3 Å². The van der Waals surface area contributed by atoms with Crippen LogP contribution in [0.4, 0.5) is 0 Å². The fourth-order valence-electron chi connectivity index (χ4n) is 3.01. The molecule has 1 aliphatic carbocycles. The zero-order chi connectivity index (χ0) is 15.1. The maximum atomic E-state index is 12.7. The SMILES string of the molecule is CC1(C)OC[C@H](CC2(S(=O)(=O)Cc3ccccc3)CC2)O1.